The summed E-state index contributed by atoms with van der Waals surface area (Å²) < 4.78 is 0. The van der Waals surface area contributed by atoms with Crippen LogP contribution in [0.15, 0.2) is 53.9 Å². The van der Waals surface area contributed by atoms with Crippen LogP contribution in [-0.4, -0.2) is 8.80 Å². The molecule has 0 unspecified atom stereocenters. The van der Waals surface area contributed by atoms with Crippen molar-refractivity contribution in [2.24, 2.45) is 0 Å². The Bertz CT molecular complexity index is 448. The highest BCUT2D eigenvalue weighted by atomic mass is 28.3. The Morgan fingerprint density at radius 2 is 1.04 bits per heavy atom. The van der Waals surface area contributed by atoms with Gasteiger partial charge in [0, 0.05) is 0 Å². The molecule has 1 radical (unpaired) electrons. The molecule has 0 heterocycles. The van der Waals surface area contributed by atoms with Gasteiger partial charge in [-0.1, -0.05) is 137 Å². The van der Waals surface area contributed by atoms with Crippen LogP contribution in [-0.2, 0) is 0 Å². The van der Waals surface area contributed by atoms with Crippen molar-refractivity contribution in [3.05, 3.63) is 53.9 Å². The minimum absolute atomic E-state index is 0.685. The zero-order chi connectivity index (χ0) is 19.4. The molecule has 0 aliphatic carbocycles. The van der Waals surface area contributed by atoms with Gasteiger partial charge in [-0.15, -0.1) is 0 Å². The van der Waals surface area contributed by atoms with Gasteiger partial charge in [0.05, 0.1) is 0 Å². The molecule has 0 saturated heterocycles. The van der Waals surface area contributed by atoms with E-state index in [9.17, 15) is 0 Å². The molecule has 0 aromatic heterocycles. The first-order valence-corrected chi connectivity index (χ1v) is 13.3. The lowest BCUT2D eigenvalue weighted by Gasteiger charge is -2.06. The molecule has 1 rings (SSSR count). The number of hydrogen-bond acceptors (Lipinski definition) is 0. The first kappa shape index (κ1) is 24.0. The van der Waals surface area contributed by atoms with Crippen molar-refractivity contribution < 1.29 is 0 Å². The van der Waals surface area contributed by atoms with Gasteiger partial charge in [-0.25, -0.2) is 0 Å². The maximum atomic E-state index is 2.52. The molecule has 0 spiro atoms. The van der Waals surface area contributed by atoms with Gasteiger partial charge in [0.2, 0.25) is 0 Å². The molecule has 0 amide bonds. The van der Waals surface area contributed by atoms with Crippen molar-refractivity contribution in [1.29, 1.82) is 0 Å². The molecule has 151 valence electrons. The zero-order valence-electron chi connectivity index (χ0n) is 18.1. The smallest absolute Gasteiger partial charge is 0.0919 e. The molecule has 0 fully saturated rings. The highest BCUT2D eigenvalue weighted by molar-refractivity contribution is 6.82. The van der Waals surface area contributed by atoms with Crippen molar-refractivity contribution >= 4 is 14.0 Å². The zero-order valence-corrected chi connectivity index (χ0v) is 19.1. The Labute approximate surface area is 171 Å². The van der Waals surface area contributed by atoms with Gasteiger partial charge < -0.3 is 0 Å². The molecule has 0 atom stereocenters. The summed E-state index contributed by atoms with van der Waals surface area (Å²) >= 11 is 0. The predicted octanol–water partition coefficient (Wildman–Crippen LogP) is 8.08. The van der Waals surface area contributed by atoms with Crippen molar-refractivity contribution in [1.82, 2.24) is 0 Å². The van der Waals surface area contributed by atoms with Crippen LogP contribution in [0.25, 0.3) is 0 Å². The fraction of sp³-hybridized carbons (Fsp3) is 0.615. The summed E-state index contributed by atoms with van der Waals surface area (Å²) in [6.07, 6.45) is 24.0. The molecule has 0 aliphatic rings. The quantitative estimate of drug-likeness (QED) is 0.188. The minimum Gasteiger partial charge on any atom is -0.0919 e. The normalized spacial score (nSPS) is 12.0. The largest absolute Gasteiger partial charge is 0.138 e. The van der Waals surface area contributed by atoms with Gasteiger partial charge in [0.15, 0.2) is 0 Å². The third-order valence-corrected chi connectivity index (χ3v) is 7.34. The topological polar surface area (TPSA) is 0 Å². The van der Waals surface area contributed by atoms with E-state index in [0.717, 1.165) is 0 Å². The maximum absolute atomic E-state index is 2.52. The highest BCUT2D eigenvalue weighted by Crippen LogP contribution is 2.09. The van der Waals surface area contributed by atoms with E-state index in [0.29, 0.717) is 0 Å². The highest BCUT2D eigenvalue weighted by Gasteiger charge is 2.05. The van der Waals surface area contributed by atoms with Crippen LogP contribution in [0.2, 0.25) is 0 Å². The van der Waals surface area contributed by atoms with Crippen LogP contribution in [0.1, 0.15) is 104 Å². The third-order valence-electron chi connectivity index (χ3n) is 5.15. The average molecular weight is 384 g/mol. The Kier molecular flexibility index (Phi) is 16.2. The van der Waals surface area contributed by atoms with Crippen molar-refractivity contribution in [2.45, 2.75) is 104 Å². The second-order valence-corrected chi connectivity index (χ2v) is 9.89. The summed E-state index contributed by atoms with van der Waals surface area (Å²) in [5, 5.41) is 1.51. The first-order valence-electron chi connectivity index (χ1n) is 11.6. The van der Waals surface area contributed by atoms with Crippen LogP contribution >= 0.6 is 0 Å². The molecule has 0 aliphatic heterocycles. The van der Waals surface area contributed by atoms with E-state index in [2.05, 4.69) is 67.7 Å². The Hall–Kier alpha value is -1.08. The van der Waals surface area contributed by atoms with E-state index in [1.807, 2.05) is 0 Å². The lowest BCUT2D eigenvalue weighted by molar-refractivity contribution is 0.611. The summed E-state index contributed by atoms with van der Waals surface area (Å²) in [5.41, 5.74) is 5.04. The Morgan fingerprint density at radius 1 is 0.593 bits per heavy atom. The molecule has 1 aromatic carbocycles. The van der Waals surface area contributed by atoms with Crippen LogP contribution in [0.3, 0.4) is 0 Å². The van der Waals surface area contributed by atoms with Gasteiger partial charge in [0.25, 0.3) is 0 Å². The van der Waals surface area contributed by atoms with Crippen LogP contribution < -0.4 is 5.19 Å². The van der Waals surface area contributed by atoms with Gasteiger partial charge >= 0.3 is 0 Å². The summed E-state index contributed by atoms with van der Waals surface area (Å²) in [7, 11) is -0.685. The third kappa shape index (κ3) is 13.7. The van der Waals surface area contributed by atoms with Crippen molar-refractivity contribution in [3.63, 3.8) is 0 Å². The number of benzene rings is 1. The number of hydrogen-bond donors (Lipinski definition) is 0. The first-order chi connectivity index (χ1) is 13.4. The lowest BCUT2D eigenvalue weighted by Crippen LogP contribution is -2.25. The van der Waals surface area contributed by atoms with Crippen molar-refractivity contribution in [2.75, 3.05) is 0 Å². The van der Waals surface area contributed by atoms with Crippen molar-refractivity contribution in [3.8, 4) is 0 Å². The molecule has 0 nitrogen and oxygen atoms in total. The Balaban J connectivity index is 2.33. The SMILES string of the molecule is CCCCCCCC/C=C/[Si](/C=C/CCCCCCCC)c1ccccc1. The molecular formula is C26H43Si. The fourth-order valence-corrected chi connectivity index (χ4v) is 5.30. The van der Waals surface area contributed by atoms with E-state index in [1.54, 1.807) is 0 Å². The number of rotatable bonds is 17. The van der Waals surface area contributed by atoms with Crippen LogP contribution in [0, 0.1) is 0 Å². The van der Waals surface area contributed by atoms with Gasteiger partial charge in [-0.3, -0.25) is 0 Å². The molecule has 0 bridgehead atoms. The summed E-state index contributed by atoms with van der Waals surface area (Å²) in [6.45, 7) is 4.58. The second kappa shape index (κ2) is 18.3. The van der Waals surface area contributed by atoms with Gasteiger partial charge in [-0.2, -0.15) is 0 Å². The Morgan fingerprint density at radius 3 is 1.52 bits per heavy atom. The monoisotopic (exact) mass is 383 g/mol. The summed E-state index contributed by atoms with van der Waals surface area (Å²) in [4.78, 5) is 0. The lowest BCUT2D eigenvalue weighted by atomic mass is 10.1. The van der Waals surface area contributed by atoms with Gasteiger partial charge in [-0.05, 0) is 25.7 Å². The molecule has 1 aromatic rings. The van der Waals surface area contributed by atoms with E-state index >= 15 is 0 Å². The minimum atomic E-state index is -0.685. The average Bonchev–Trinajstić information content (AvgIpc) is 2.71. The molecule has 0 N–H and O–H groups in total. The molecule has 0 saturated carbocycles. The van der Waals surface area contributed by atoms with E-state index in [-0.39, 0.29) is 0 Å². The number of unbranched alkanes of at least 4 members (excludes halogenated alkanes) is 12. The molecular weight excluding hydrogens is 340 g/mol. The molecule has 1 heteroatoms. The summed E-state index contributed by atoms with van der Waals surface area (Å²) in [5.74, 6) is 0. The molecule has 27 heavy (non-hydrogen) atoms. The summed E-state index contributed by atoms with van der Waals surface area (Å²) in [6, 6.07) is 11.1. The van der Waals surface area contributed by atoms with Crippen LogP contribution in [0.4, 0.5) is 0 Å². The van der Waals surface area contributed by atoms with Crippen LogP contribution in [0.5, 0.6) is 0 Å². The van der Waals surface area contributed by atoms with E-state index in [1.165, 1.54) is 95.1 Å². The standard InChI is InChI=1S/C26H43Si/c1-3-5-7-9-11-13-15-20-24-27(26-22-18-17-19-23-26)25-21-16-14-12-10-8-6-4-2/h17-25H,3-16H2,1-2H3/b24-20+,25-21+. The predicted molar refractivity (Wildman–Crippen MR) is 126 cm³/mol. The number of allylic oxidation sites excluding steroid dienone is 2. The van der Waals surface area contributed by atoms with E-state index in [4.69, 9.17) is 0 Å². The second-order valence-electron chi connectivity index (χ2n) is 7.74. The maximum Gasteiger partial charge on any atom is 0.138 e. The van der Waals surface area contributed by atoms with Gasteiger partial charge in [0.1, 0.15) is 8.80 Å². The fourth-order valence-electron chi connectivity index (χ4n) is 3.38. The van der Waals surface area contributed by atoms with E-state index < -0.39 is 8.80 Å².